The third kappa shape index (κ3) is 2.30. The highest BCUT2D eigenvalue weighted by Crippen LogP contribution is 2.66. The molecule has 0 bridgehead atoms. The van der Waals surface area contributed by atoms with Gasteiger partial charge in [-0.1, -0.05) is 44.1 Å². The average Bonchev–Trinajstić information content (AvgIpc) is 3.23. The lowest BCUT2D eigenvalue weighted by Crippen LogP contribution is -2.53. The van der Waals surface area contributed by atoms with Crippen molar-refractivity contribution in [3.8, 4) is 0 Å². The number of rotatable bonds is 1. The van der Waals surface area contributed by atoms with Crippen LogP contribution in [-0.4, -0.2) is 23.8 Å². The van der Waals surface area contributed by atoms with E-state index in [4.69, 9.17) is 0 Å². The first-order valence-electron chi connectivity index (χ1n) is 11.3. The fourth-order valence-electron chi connectivity index (χ4n) is 8.09. The van der Waals surface area contributed by atoms with Crippen LogP contribution in [0.4, 0.5) is 0 Å². The number of allylic oxidation sites excluding steroid dienone is 2. The van der Waals surface area contributed by atoms with Gasteiger partial charge in [0.05, 0.1) is 6.10 Å². The molecule has 0 spiro atoms. The van der Waals surface area contributed by atoms with E-state index in [1.807, 2.05) is 0 Å². The van der Waals surface area contributed by atoms with Crippen molar-refractivity contribution >= 4 is 0 Å². The van der Waals surface area contributed by atoms with Crippen LogP contribution in [0.2, 0.25) is 0 Å². The third-order valence-electron chi connectivity index (χ3n) is 9.48. The summed E-state index contributed by atoms with van der Waals surface area (Å²) in [4.78, 5) is 0. The standard InChI is InChI=1S/C24H37NO/c1-15-13-16-14-17(26)8-10-23(16,2)20-9-11-24(3)18(21-5-4-12-25-21)6-7-19(24)22(15)20/h6,13,15,17,19-22,25-26H,4-5,7-12,14H2,1-3H3/t15?,17?,19-,20-,21?,22-,23-,24+/m0/s1. The summed E-state index contributed by atoms with van der Waals surface area (Å²) in [6, 6.07) is 0.659. The molecule has 0 aromatic carbocycles. The predicted octanol–water partition coefficient (Wildman–Crippen LogP) is 4.84. The molecule has 0 radical (unpaired) electrons. The van der Waals surface area contributed by atoms with Gasteiger partial charge < -0.3 is 10.4 Å². The van der Waals surface area contributed by atoms with Crippen molar-refractivity contribution < 1.29 is 5.11 Å². The van der Waals surface area contributed by atoms with Gasteiger partial charge in [0.1, 0.15) is 0 Å². The summed E-state index contributed by atoms with van der Waals surface area (Å²) in [7, 11) is 0. The molecule has 5 rings (SSSR count). The maximum Gasteiger partial charge on any atom is 0.0577 e. The Morgan fingerprint density at radius 1 is 1.08 bits per heavy atom. The Balaban J connectivity index is 1.48. The highest BCUT2D eigenvalue weighted by Gasteiger charge is 2.58. The minimum absolute atomic E-state index is 0.0971. The minimum Gasteiger partial charge on any atom is -0.393 e. The van der Waals surface area contributed by atoms with Crippen LogP contribution in [0.15, 0.2) is 23.3 Å². The molecule has 2 heteroatoms. The zero-order valence-corrected chi connectivity index (χ0v) is 16.9. The van der Waals surface area contributed by atoms with Gasteiger partial charge in [0.15, 0.2) is 0 Å². The molecule has 2 saturated carbocycles. The van der Waals surface area contributed by atoms with Crippen molar-refractivity contribution in [2.24, 2.45) is 34.5 Å². The van der Waals surface area contributed by atoms with Crippen LogP contribution in [0.1, 0.15) is 72.1 Å². The van der Waals surface area contributed by atoms with Crippen molar-refractivity contribution in [3.05, 3.63) is 23.3 Å². The maximum atomic E-state index is 10.2. The van der Waals surface area contributed by atoms with Gasteiger partial charge in [-0.2, -0.15) is 0 Å². The zero-order valence-electron chi connectivity index (χ0n) is 16.9. The first-order chi connectivity index (χ1) is 12.4. The third-order valence-corrected chi connectivity index (χ3v) is 9.48. The molecule has 3 fully saturated rings. The number of hydrogen-bond donors (Lipinski definition) is 2. The molecule has 0 aromatic heterocycles. The Morgan fingerprint density at radius 2 is 1.88 bits per heavy atom. The summed E-state index contributed by atoms with van der Waals surface area (Å²) in [6.45, 7) is 8.82. The zero-order chi connectivity index (χ0) is 18.1. The number of hydrogen-bond acceptors (Lipinski definition) is 2. The van der Waals surface area contributed by atoms with Gasteiger partial charge in [0.25, 0.3) is 0 Å². The minimum atomic E-state index is -0.0971. The molecule has 8 atom stereocenters. The molecule has 2 nitrogen and oxygen atoms in total. The smallest absolute Gasteiger partial charge is 0.0577 e. The topological polar surface area (TPSA) is 32.3 Å². The molecule has 1 heterocycles. The van der Waals surface area contributed by atoms with Crippen LogP contribution in [0.25, 0.3) is 0 Å². The highest BCUT2D eigenvalue weighted by atomic mass is 16.3. The fourth-order valence-corrected chi connectivity index (χ4v) is 8.09. The molecule has 1 aliphatic heterocycles. The highest BCUT2D eigenvalue weighted by molar-refractivity contribution is 5.33. The molecule has 4 aliphatic carbocycles. The van der Waals surface area contributed by atoms with E-state index in [1.54, 1.807) is 11.1 Å². The second-order valence-electron chi connectivity index (χ2n) is 10.7. The van der Waals surface area contributed by atoms with Gasteiger partial charge in [-0.25, -0.2) is 0 Å². The lowest BCUT2D eigenvalue weighted by molar-refractivity contribution is -0.0491. The average molecular weight is 356 g/mol. The summed E-state index contributed by atoms with van der Waals surface area (Å²) < 4.78 is 0. The Hall–Kier alpha value is -0.600. The summed E-state index contributed by atoms with van der Waals surface area (Å²) in [6.07, 6.45) is 15.0. The second-order valence-corrected chi connectivity index (χ2v) is 10.7. The lowest BCUT2D eigenvalue weighted by Gasteiger charge is -2.59. The Morgan fingerprint density at radius 3 is 2.65 bits per heavy atom. The monoisotopic (exact) mass is 355 g/mol. The number of aliphatic hydroxyl groups excluding tert-OH is 1. The maximum absolute atomic E-state index is 10.2. The van der Waals surface area contributed by atoms with E-state index >= 15 is 0 Å². The molecule has 5 aliphatic rings. The van der Waals surface area contributed by atoms with Gasteiger partial charge >= 0.3 is 0 Å². The van der Waals surface area contributed by atoms with E-state index in [2.05, 4.69) is 38.2 Å². The Labute approximate surface area is 159 Å². The summed E-state index contributed by atoms with van der Waals surface area (Å²) in [5.41, 5.74) is 4.14. The molecule has 1 saturated heterocycles. The Bertz CT molecular complexity index is 645. The normalized spacial score (nSPS) is 53.4. The van der Waals surface area contributed by atoms with Crippen molar-refractivity contribution in [1.29, 1.82) is 0 Å². The predicted molar refractivity (Wildman–Crippen MR) is 107 cm³/mol. The van der Waals surface area contributed by atoms with Crippen molar-refractivity contribution in [1.82, 2.24) is 5.32 Å². The van der Waals surface area contributed by atoms with Gasteiger partial charge in [-0.15, -0.1) is 0 Å². The second kappa shape index (κ2) is 5.95. The molecular weight excluding hydrogens is 318 g/mol. The van der Waals surface area contributed by atoms with Crippen molar-refractivity contribution in [3.63, 3.8) is 0 Å². The SMILES string of the molecule is CC1C=C2CC(O)CC[C@]2(C)[C@H]2CC[C@]3(C)C(C4CCCN4)=CC[C@H]3[C@H]12. The van der Waals surface area contributed by atoms with Crippen LogP contribution < -0.4 is 5.32 Å². The fraction of sp³-hybridized carbons (Fsp3) is 0.833. The quantitative estimate of drug-likeness (QED) is 0.659. The van der Waals surface area contributed by atoms with Crippen LogP contribution in [-0.2, 0) is 0 Å². The molecule has 3 unspecified atom stereocenters. The van der Waals surface area contributed by atoms with E-state index in [0.29, 0.717) is 22.8 Å². The van der Waals surface area contributed by atoms with Crippen LogP contribution in [0.5, 0.6) is 0 Å². The van der Waals surface area contributed by atoms with Gasteiger partial charge in [-0.3, -0.25) is 0 Å². The lowest BCUT2D eigenvalue weighted by atomic mass is 9.45. The van der Waals surface area contributed by atoms with E-state index in [-0.39, 0.29) is 6.10 Å². The van der Waals surface area contributed by atoms with E-state index < -0.39 is 0 Å². The van der Waals surface area contributed by atoms with Crippen molar-refractivity contribution in [2.45, 2.75) is 84.3 Å². The van der Waals surface area contributed by atoms with E-state index in [1.165, 1.54) is 45.1 Å². The first kappa shape index (κ1) is 17.5. The molecule has 0 amide bonds. The number of aliphatic hydroxyl groups is 1. The molecule has 26 heavy (non-hydrogen) atoms. The molecule has 144 valence electrons. The summed E-state index contributed by atoms with van der Waals surface area (Å²) >= 11 is 0. The summed E-state index contributed by atoms with van der Waals surface area (Å²) in [5.74, 6) is 3.15. The van der Waals surface area contributed by atoms with Crippen molar-refractivity contribution in [2.75, 3.05) is 6.54 Å². The molecule has 0 aromatic rings. The van der Waals surface area contributed by atoms with Gasteiger partial charge in [0, 0.05) is 6.04 Å². The molecule has 2 N–H and O–H groups in total. The Kier molecular flexibility index (Phi) is 4.00. The largest absolute Gasteiger partial charge is 0.393 e. The van der Waals surface area contributed by atoms with Crippen LogP contribution >= 0.6 is 0 Å². The molecular formula is C24H37NO. The van der Waals surface area contributed by atoms with Gasteiger partial charge in [0.2, 0.25) is 0 Å². The van der Waals surface area contributed by atoms with Crippen LogP contribution in [0, 0.1) is 34.5 Å². The number of fused-ring (bicyclic) bond motifs is 5. The van der Waals surface area contributed by atoms with E-state index in [0.717, 1.165) is 30.6 Å². The summed E-state index contributed by atoms with van der Waals surface area (Å²) in [5, 5.41) is 14.0. The first-order valence-corrected chi connectivity index (χ1v) is 11.3. The number of nitrogens with one attached hydrogen (secondary N) is 1. The van der Waals surface area contributed by atoms with Gasteiger partial charge in [-0.05, 0) is 92.4 Å². The van der Waals surface area contributed by atoms with Crippen LogP contribution in [0.3, 0.4) is 0 Å². The van der Waals surface area contributed by atoms with E-state index in [9.17, 15) is 5.11 Å².